The molecule has 0 spiro atoms. The predicted molar refractivity (Wildman–Crippen MR) is 113 cm³/mol. The zero-order valence-corrected chi connectivity index (χ0v) is 18.1. The minimum atomic E-state index is -3.61. The van der Waals surface area contributed by atoms with Crippen LogP contribution in [-0.2, 0) is 21.4 Å². The summed E-state index contributed by atoms with van der Waals surface area (Å²) < 4.78 is 30.2. The van der Waals surface area contributed by atoms with Crippen LogP contribution in [0.2, 0.25) is 0 Å². The molecule has 1 aromatic heterocycles. The molecule has 1 atom stereocenters. The van der Waals surface area contributed by atoms with E-state index in [1.54, 1.807) is 12.1 Å². The van der Waals surface area contributed by atoms with Crippen LogP contribution in [0.5, 0.6) is 0 Å². The number of amides is 1. The van der Waals surface area contributed by atoms with Crippen molar-refractivity contribution in [1.29, 1.82) is 0 Å². The normalized spacial score (nSPS) is 22.3. The molecule has 0 N–H and O–H groups in total. The lowest BCUT2D eigenvalue weighted by Gasteiger charge is -2.37. The molecule has 2 aliphatic rings. The number of piperazine rings is 1. The molecule has 3 heterocycles. The minimum absolute atomic E-state index is 0.105. The van der Waals surface area contributed by atoms with Crippen LogP contribution < -0.4 is 0 Å². The molecule has 0 radical (unpaired) electrons. The molecule has 1 aromatic carbocycles. The number of piperidine rings is 1. The number of benzene rings is 1. The molecule has 29 heavy (non-hydrogen) atoms. The zero-order chi connectivity index (χ0) is 20.6. The van der Waals surface area contributed by atoms with E-state index in [0.717, 1.165) is 56.5 Å². The minimum Gasteiger partial charge on any atom is -0.348 e. The van der Waals surface area contributed by atoms with Crippen molar-refractivity contribution in [3.8, 4) is 0 Å². The number of hydrogen-bond acceptors (Lipinski definition) is 4. The van der Waals surface area contributed by atoms with E-state index in [-0.39, 0.29) is 18.4 Å². The Bertz CT molecular complexity index is 993. The third-order valence-electron chi connectivity index (χ3n) is 6.27. The van der Waals surface area contributed by atoms with Gasteiger partial charge in [0.1, 0.15) is 0 Å². The van der Waals surface area contributed by atoms with Crippen molar-refractivity contribution < 1.29 is 13.2 Å². The van der Waals surface area contributed by atoms with Gasteiger partial charge in [0.25, 0.3) is 0 Å². The van der Waals surface area contributed by atoms with E-state index in [0.29, 0.717) is 11.4 Å². The Kier molecular flexibility index (Phi) is 5.68. The molecule has 7 nitrogen and oxygen atoms in total. The number of likely N-dealkylation sites (N-methyl/N-ethyl adjacent to an activating group) is 1. The van der Waals surface area contributed by atoms with Gasteiger partial charge in [-0.1, -0.05) is 0 Å². The van der Waals surface area contributed by atoms with Gasteiger partial charge in [0.2, 0.25) is 15.9 Å². The number of aryl methyl sites for hydroxylation is 1. The Morgan fingerprint density at radius 3 is 2.59 bits per heavy atom. The lowest BCUT2D eigenvalue weighted by molar-refractivity contribution is -0.138. The fourth-order valence-corrected chi connectivity index (χ4v) is 5.97. The van der Waals surface area contributed by atoms with Crippen LogP contribution in [0.3, 0.4) is 0 Å². The molecule has 0 saturated carbocycles. The van der Waals surface area contributed by atoms with Crippen LogP contribution >= 0.6 is 0 Å². The highest BCUT2D eigenvalue weighted by atomic mass is 32.2. The summed E-state index contributed by atoms with van der Waals surface area (Å²) in [6, 6.07) is 7.27. The van der Waals surface area contributed by atoms with Gasteiger partial charge in [0, 0.05) is 62.9 Å². The predicted octanol–water partition coefficient (Wildman–Crippen LogP) is 1.84. The maximum atomic E-state index is 13.3. The third-order valence-corrected chi connectivity index (χ3v) is 8.13. The summed E-state index contributed by atoms with van der Waals surface area (Å²) in [5.41, 5.74) is 1.04. The molecule has 0 bridgehead atoms. The fourth-order valence-electron chi connectivity index (χ4n) is 4.41. The summed E-state index contributed by atoms with van der Waals surface area (Å²) >= 11 is 0. The molecule has 2 fully saturated rings. The molecule has 1 unspecified atom stereocenters. The lowest BCUT2D eigenvalue weighted by atomic mass is 9.98. The highest BCUT2D eigenvalue weighted by molar-refractivity contribution is 7.89. The molecule has 1 amide bonds. The van der Waals surface area contributed by atoms with Crippen molar-refractivity contribution in [2.75, 3.05) is 46.3 Å². The first kappa shape index (κ1) is 20.4. The standard InChI is InChI=1S/C21H30N4O3S/c1-3-23-10-8-17-15-19(6-7-20(17)23)29(27,28)25-9-4-5-18(16-25)21(26)24-13-11-22(2)12-14-24/h6-8,10,15,18H,3-5,9,11-14,16H2,1-2H3. The van der Waals surface area contributed by atoms with Crippen LogP contribution in [-0.4, -0.2) is 79.3 Å². The first-order chi connectivity index (χ1) is 13.9. The average molecular weight is 419 g/mol. The van der Waals surface area contributed by atoms with Gasteiger partial charge in [0.05, 0.1) is 10.8 Å². The number of fused-ring (bicyclic) bond motifs is 1. The van der Waals surface area contributed by atoms with E-state index in [9.17, 15) is 13.2 Å². The summed E-state index contributed by atoms with van der Waals surface area (Å²) in [4.78, 5) is 17.4. The molecule has 2 aliphatic heterocycles. The third kappa shape index (κ3) is 3.93. The molecular weight excluding hydrogens is 388 g/mol. The highest BCUT2D eigenvalue weighted by Crippen LogP contribution is 2.27. The Morgan fingerprint density at radius 2 is 1.86 bits per heavy atom. The number of sulfonamides is 1. The second-order valence-electron chi connectivity index (χ2n) is 8.15. The van der Waals surface area contributed by atoms with Crippen LogP contribution in [0.15, 0.2) is 35.4 Å². The Morgan fingerprint density at radius 1 is 1.10 bits per heavy atom. The van der Waals surface area contributed by atoms with Gasteiger partial charge >= 0.3 is 0 Å². The Balaban J connectivity index is 1.51. The lowest BCUT2D eigenvalue weighted by Crippen LogP contribution is -2.52. The van der Waals surface area contributed by atoms with E-state index < -0.39 is 10.0 Å². The molecule has 4 rings (SSSR count). The molecular formula is C21H30N4O3S. The van der Waals surface area contributed by atoms with Crippen LogP contribution in [0.4, 0.5) is 0 Å². The molecule has 2 saturated heterocycles. The van der Waals surface area contributed by atoms with Crippen LogP contribution in [0, 0.1) is 5.92 Å². The molecule has 158 valence electrons. The van der Waals surface area contributed by atoms with Crippen molar-refractivity contribution >= 4 is 26.8 Å². The number of rotatable bonds is 4. The maximum Gasteiger partial charge on any atom is 0.243 e. The topological polar surface area (TPSA) is 65.9 Å². The monoisotopic (exact) mass is 418 g/mol. The van der Waals surface area contributed by atoms with Gasteiger partial charge in [-0.15, -0.1) is 0 Å². The molecule has 8 heteroatoms. The van der Waals surface area contributed by atoms with E-state index in [2.05, 4.69) is 23.4 Å². The second-order valence-corrected chi connectivity index (χ2v) is 10.1. The quantitative estimate of drug-likeness (QED) is 0.760. The van der Waals surface area contributed by atoms with Crippen LogP contribution in [0.1, 0.15) is 19.8 Å². The van der Waals surface area contributed by atoms with Gasteiger partial charge < -0.3 is 14.4 Å². The fraction of sp³-hybridized carbons (Fsp3) is 0.571. The summed E-state index contributed by atoms with van der Waals surface area (Å²) in [6.07, 6.45) is 3.46. The summed E-state index contributed by atoms with van der Waals surface area (Å²) in [5.74, 6) is -0.139. The Labute approximate surface area is 172 Å². The van der Waals surface area contributed by atoms with E-state index in [1.165, 1.54) is 4.31 Å². The average Bonchev–Trinajstić information content (AvgIpc) is 3.16. The number of carbonyl (C=O) groups excluding carboxylic acids is 1. The first-order valence-corrected chi connectivity index (χ1v) is 11.9. The number of aromatic nitrogens is 1. The van der Waals surface area contributed by atoms with E-state index >= 15 is 0 Å². The second kappa shape index (κ2) is 8.08. The summed E-state index contributed by atoms with van der Waals surface area (Å²) in [7, 11) is -1.55. The Hall–Kier alpha value is -1.90. The van der Waals surface area contributed by atoms with Crippen molar-refractivity contribution in [1.82, 2.24) is 18.7 Å². The van der Waals surface area contributed by atoms with Crippen LogP contribution in [0.25, 0.3) is 10.9 Å². The largest absolute Gasteiger partial charge is 0.348 e. The van der Waals surface area contributed by atoms with Crippen molar-refractivity contribution in [3.63, 3.8) is 0 Å². The first-order valence-electron chi connectivity index (χ1n) is 10.5. The zero-order valence-electron chi connectivity index (χ0n) is 17.2. The number of carbonyl (C=O) groups is 1. The smallest absolute Gasteiger partial charge is 0.243 e. The molecule has 0 aliphatic carbocycles. The summed E-state index contributed by atoms with van der Waals surface area (Å²) in [6.45, 7) is 6.86. The highest BCUT2D eigenvalue weighted by Gasteiger charge is 2.35. The van der Waals surface area contributed by atoms with Gasteiger partial charge in [-0.3, -0.25) is 4.79 Å². The van der Waals surface area contributed by atoms with Gasteiger partial charge in [-0.25, -0.2) is 8.42 Å². The van der Waals surface area contributed by atoms with E-state index in [4.69, 9.17) is 0 Å². The van der Waals surface area contributed by atoms with Gasteiger partial charge in [0.15, 0.2) is 0 Å². The van der Waals surface area contributed by atoms with Gasteiger partial charge in [-0.05, 0) is 51.1 Å². The summed E-state index contributed by atoms with van der Waals surface area (Å²) in [5, 5.41) is 0.926. The maximum absolute atomic E-state index is 13.3. The SMILES string of the molecule is CCn1ccc2cc(S(=O)(=O)N3CCCC(C(=O)N4CCN(C)CC4)C3)ccc21. The number of nitrogens with zero attached hydrogens (tertiary/aromatic N) is 4. The number of hydrogen-bond donors (Lipinski definition) is 0. The van der Waals surface area contributed by atoms with Gasteiger partial charge in [-0.2, -0.15) is 4.31 Å². The van der Waals surface area contributed by atoms with Crippen molar-refractivity contribution in [2.45, 2.75) is 31.2 Å². The van der Waals surface area contributed by atoms with E-state index in [1.807, 2.05) is 23.2 Å². The molecule has 2 aromatic rings. The van der Waals surface area contributed by atoms with Crippen molar-refractivity contribution in [3.05, 3.63) is 30.5 Å². The van der Waals surface area contributed by atoms with Crippen molar-refractivity contribution in [2.24, 2.45) is 5.92 Å².